The first-order valence-corrected chi connectivity index (χ1v) is 0.816. The Labute approximate surface area is 58.5 Å². The van der Waals surface area contributed by atoms with Crippen LogP contribution in [0.15, 0.2) is 6.58 Å². The van der Waals surface area contributed by atoms with Crippen LogP contribution in [0.1, 0.15) is 0 Å². The molecule has 0 rings (SSSR count). The van der Waals surface area contributed by atoms with Gasteiger partial charge < -0.3 is 12.3 Å². The third-order valence-electron chi connectivity index (χ3n) is 0. The van der Waals surface area contributed by atoms with Gasteiger partial charge in [0.2, 0.25) is 0 Å². The fourth-order valence-corrected chi connectivity index (χ4v) is 0. The molecule has 0 fully saturated rings. The van der Waals surface area contributed by atoms with Crippen molar-refractivity contribution < 1.29 is 32.7 Å². The SMILES string of the molecule is [CH-]=C.[CH2-]N.[Y]. The maximum Gasteiger partial charge on any atom is 0 e. The molecule has 0 aliphatic heterocycles. The van der Waals surface area contributed by atoms with Crippen LogP contribution < -0.4 is 5.73 Å². The smallest absolute Gasteiger partial charge is 0 e. The standard InChI is InChI=1S/C2H3.CH4N.Y/c2*1-2;/h1H,2H2;1-2H2;/q2*-1;. The summed E-state index contributed by atoms with van der Waals surface area (Å²) >= 11 is 0. The Morgan fingerprint density at radius 1 is 1.40 bits per heavy atom. The molecule has 0 heterocycles. The van der Waals surface area contributed by atoms with Crippen LogP contribution in [0.25, 0.3) is 0 Å². The zero-order valence-electron chi connectivity index (χ0n) is 3.15. The van der Waals surface area contributed by atoms with Crippen LogP contribution in [0, 0.1) is 13.6 Å². The second-order valence-electron chi connectivity index (χ2n) is 0. The minimum Gasteiger partial charge on any atom is -0.521 e. The van der Waals surface area contributed by atoms with Gasteiger partial charge in [0.1, 0.15) is 0 Å². The summed E-state index contributed by atoms with van der Waals surface area (Å²) in [7, 11) is 2.75. The van der Waals surface area contributed by atoms with Gasteiger partial charge in [0.15, 0.2) is 0 Å². The van der Waals surface area contributed by atoms with Crippen molar-refractivity contribution in [1.82, 2.24) is 0 Å². The molecule has 0 aliphatic rings. The number of nitrogens with two attached hydrogens (primary N) is 1. The minimum atomic E-state index is 0. The Morgan fingerprint density at radius 2 is 1.40 bits per heavy atom. The van der Waals surface area contributed by atoms with Crippen molar-refractivity contribution in [2.45, 2.75) is 0 Å². The van der Waals surface area contributed by atoms with E-state index in [0.29, 0.717) is 0 Å². The first kappa shape index (κ1) is 17.0. The van der Waals surface area contributed by atoms with Crippen LogP contribution in [0.2, 0.25) is 0 Å². The Balaban J connectivity index is -0.0000000133. The molecular formula is C3H7NY-2. The predicted molar refractivity (Wildman–Crippen MR) is 19.5 cm³/mol. The van der Waals surface area contributed by atoms with E-state index in [4.69, 9.17) is 0 Å². The second kappa shape index (κ2) is 108. The molecule has 0 aromatic heterocycles. The molecule has 1 radical (unpaired) electrons. The molecule has 0 amide bonds. The molecule has 0 atom stereocenters. The molecule has 0 aliphatic carbocycles. The van der Waals surface area contributed by atoms with E-state index in [9.17, 15) is 0 Å². The van der Waals surface area contributed by atoms with Crippen molar-refractivity contribution >= 4 is 0 Å². The van der Waals surface area contributed by atoms with Crippen molar-refractivity contribution in [1.29, 1.82) is 0 Å². The average Bonchev–Trinajstić information content (AvgIpc) is 1.50. The van der Waals surface area contributed by atoms with Gasteiger partial charge in [0, 0.05) is 32.7 Å². The van der Waals surface area contributed by atoms with Crippen molar-refractivity contribution in [3.05, 3.63) is 20.2 Å². The average molecular weight is 146 g/mol. The first-order valence-electron chi connectivity index (χ1n) is 0.816. The fraction of sp³-hybridized carbons (Fsp3) is 0. The summed E-state index contributed by atoms with van der Waals surface area (Å²) in [4.78, 5) is 0. The molecule has 2 N–H and O–H groups in total. The maximum absolute atomic E-state index is 4.25. The zero-order valence-corrected chi connectivity index (χ0v) is 5.98. The Kier molecular flexibility index (Phi) is 366. The summed E-state index contributed by atoms with van der Waals surface area (Å²) in [5.41, 5.74) is 4.25. The van der Waals surface area contributed by atoms with Crippen molar-refractivity contribution in [2.75, 3.05) is 0 Å². The van der Waals surface area contributed by atoms with E-state index < -0.39 is 0 Å². The van der Waals surface area contributed by atoms with E-state index in [2.05, 4.69) is 25.9 Å². The number of rotatable bonds is 0. The maximum atomic E-state index is 4.25. The van der Waals surface area contributed by atoms with E-state index in [0.717, 1.165) is 0 Å². The molecule has 0 aromatic carbocycles. The topological polar surface area (TPSA) is 26.0 Å². The summed E-state index contributed by atoms with van der Waals surface area (Å²) in [6.45, 7) is 7.00. The largest absolute Gasteiger partial charge is 0.521 e. The van der Waals surface area contributed by atoms with Gasteiger partial charge in [0.25, 0.3) is 0 Å². The molecule has 29 valence electrons. The number of hydrogen-bond acceptors (Lipinski definition) is 1. The summed E-state index contributed by atoms with van der Waals surface area (Å²) in [6.07, 6.45) is 0. The van der Waals surface area contributed by atoms with Gasteiger partial charge in [-0.15, -0.1) is 0 Å². The molecule has 0 saturated carbocycles. The van der Waals surface area contributed by atoms with Gasteiger partial charge in [-0.3, -0.25) is 13.6 Å². The third-order valence-corrected chi connectivity index (χ3v) is 0. The van der Waals surface area contributed by atoms with E-state index >= 15 is 0 Å². The molecule has 0 unspecified atom stereocenters. The second-order valence-corrected chi connectivity index (χ2v) is 0. The Hall–Kier alpha value is 0.804. The van der Waals surface area contributed by atoms with Gasteiger partial charge in [-0.2, -0.15) is 0 Å². The van der Waals surface area contributed by atoms with E-state index in [-0.39, 0.29) is 32.7 Å². The summed E-state index contributed by atoms with van der Waals surface area (Å²) in [5, 5.41) is 0. The van der Waals surface area contributed by atoms with Crippen molar-refractivity contribution in [2.24, 2.45) is 5.73 Å². The van der Waals surface area contributed by atoms with E-state index in [1.807, 2.05) is 0 Å². The molecule has 0 aromatic rings. The van der Waals surface area contributed by atoms with E-state index in [1.54, 1.807) is 0 Å². The van der Waals surface area contributed by atoms with Crippen LogP contribution in [-0.2, 0) is 32.7 Å². The monoisotopic (exact) mass is 146 g/mol. The van der Waals surface area contributed by atoms with Crippen LogP contribution in [0.5, 0.6) is 0 Å². The first-order chi connectivity index (χ1) is 2.00. The summed E-state index contributed by atoms with van der Waals surface area (Å²) in [5.74, 6) is 0. The van der Waals surface area contributed by atoms with Gasteiger partial charge in [-0.05, 0) is 0 Å². The molecule has 0 saturated heterocycles. The fourth-order valence-electron chi connectivity index (χ4n) is 0. The zero-order chi connectivity index (χ0) is 4.00. The molecule has 2 heteroatoms. The van der Waals surface area contributed by atoms with Crippen molar-refractivity contribution in [3.63, 3.8) is 0 Å². The molecule has 0 bridgehead atoms. The molecule has 1 nitrogen and oxygen atoms in total. The van der Waals surface area contributed by atoms with E-state index in [1.165, 1.54) is 0 Å². The molecule has 5 heavy (non-hydrogen) atoms. The van der Waals surface area contributed by atoms with Crippen LogP contribution >= 0.6 is 0 Å². The molecule has 0 spiro atoms. The predicted octanol–water partition coefficient (Wildman–Crippen LogP) is 0.340. The van der Waals surface area contributed by atoms with Gasteiger partial charge >= 0.3 is 0 Å². The van der Waals surface area contributed by atoms with Crippen LogP contribution in [0.4, 0.5) is 0 Å². The summed E-state index contributed by atoms with van der Waals surface area (Å²) < 4.78 is 0. The van der Waals surface area contributed by atoms with Gasteiger partial charge in [0.05, 0.1) is 0 Å². The van der Waals surface area contributed by atoms with Crippen LogP contribution in [0.3, 0.4) is 0 Å². The number of hydrogen-bond donors (Lipinski definition) is 1. The molecular weight excluding hydrogens is 139 g/mol. The minimum absolute atomic E-state index is 0. The quantitative estimate of drug-likeness (QED) is 0.490. The Morgan fingerprint density at radius 3 is 1.40 bits per heavy atom. The van der Waals surface area contributed by atoms with Gasteiger partial charge in [-0.1, -0.05) is 0 Å². The normalized spacial score (nSPS) is 2.00. The third kappa shape index (κ3) is 58.4. The Bertz CT molecular complexity index is 6.85. The summed E-state index contributed by atoms with van der Waals surface area (Å²) in [6, 6.07) is 0. The van der Waals surface area contributed by atoms with Gasteiger partial charge in [-0.25, -0.2) is 0 Å². The van der Waals surface area contributed by atoms with Crippen molar-refractivity contribution in [3.8, 4) is 0 Å². The van der Waals surface area contributed by atoms with Crippen LogP contribution in [-0.4, -0.2) is 0 Å².